The van der Waals surface area contributed by atoms with Gasteiger partial charge < -0.3 is 5.73 Å². The van der Waals surface area contributed by atoms with E-state index in [9.17, 15) is 0 Å². The van der Waals surface area contributed by atoms with Crippen LogP contribution in [0.5, 0.6) is 0 Å². The lowest BCUT2D eigenvalue weighted by atomic mass is 9.96. The summed E-state index contributed by atoms with van der Waals surface area (Å²) in [5.74, 6) is 0. The highest BCUT2D eigenvalue weighted by Crippen LogP contribution is 2.21. The molecule has 0 bridgehead atoms. The molecule has 1 rings (SSSR count). The van der Waals surface area contributed by atoms with Gasteiger partial charge in [0.15, 0.2) is 0 Å². The molecule has 0 radical (unpaired) electrons. The fourth-order valence-electron chi connectivity index (χ4n) is 0.984. The highest BCUT2D eigenvalue weighted by molar-refractivity contribution is 14.1. The molecule has 0 spiro atoms. The molecule has 0 unspecified atom stereocenters. The van der Waals surface area contributed by atoms with E-state index in [1.165, 1.54) is 9.13 Å². The zero-order chi connectivity index (χ0) is 8.48. The van der Waals surface area contributed by atoms with Crippen LogP contribution in [-0.2, 0) is 5.54 Å². The highest BCUT2D eigenvalue weighted by atomic mass is 127. The Morgan fingerprint density at radius 2 is 1.82 bits per heavy atom. The van der Waals surface area contributed by atoms with Crippen LogP contribution in [0.25, 0.3) is 0 Å². The predicted octanol–water partition coefficient (Wildman–Crippen LogP) is 2.49. The summed E-state index contributed by atoms with van der Waals surface area (Å²) in [6.07, 6.45) is 0. The van der Waals surface area contributed by atoms with Crippen molar-refractivity contribution >= 4 is 22.6 Å². The van der Waals surface area contributed by atoms with Crippen molar-refractivity contribution in [3.8, 4) is 0 Å². The van der Waals surface area contributed by atoms with Gasteiger partial charge in [0.2, 0.25) is 0 Å². The Hall–Kier alpha value is -0.0900. The van der Waals surface area contributed by atoms with E-state index in [-0.39, 0.29) is 5.54 Å². The number of benzene rings is 1. The monoisotopic (exact) mass is 261 g/mol. The molecule has 2 N–H and O–H groups in total. The van der Waals surface area contributed by atoms with Crippen molar-refractivity contribution in [1.29, 1.82) is 0 Å². The fraction of sp³-hybridized carbons (Fsp3) is 0.333. The van der Waals surface area contributed by atoms with Crippen molar-refractivity contribution in [1.82, 2.24) is 0 Å². The van der Waals surface area contributed by atoms with E-state index in [0.29, 0.717) is 0 Å². The van der Waals surface area contributed by atoms with Gasteiger partial charge in [-0.3, -0.25) is 0 Å². The van der Waals surface area contributed by atoms with Crippen LogP contribution in [0.3, 0.4) is 0 Å². The maximum Gasteiger partial charge on any atom is 0.0362 e. The summed E-state index contributed by atoms with van der Waals surface area (Å²) in [7, 11) is 0. The molecule has 0 aliphatic rings. The van der Waals surface area contributed by atoms with Crippen molar-refractivity contribution in [2.24, 2.45) is 5.73 Å². The lowest BCUT2D eigenvalue weighted by Gasteiger charge is -2.20. The standard InChI is InChI=1S/C9H12IN/c1-9(2,11)7-5-3-4-6-8(7)10/h3-6H,11H2,1-2H3. The second-order valence-electron chi connectivity index (χ2n) is 3.20. The summed E-state index contributed by atoms with van der Waals surface area (Å²) < 4.78 is 1.23. The molecule has 0 aromatic heterocycles. The van der Waals surface area contributed by atoms with Crippen LogP contribution in [0.15, 0.2) is 24.3 Å². The van der Waals surface area contributed by atoms with Crippen LogP contribution in [0, 0.1) is 3.57 Å². The summed E-state index contributed by atoms with van der Waals surface area (Å²) in [6, 6.07) is 8.19. The second kappa shape index (κ2) is 3.11. The quantitative estimate of drug-likeness (QED) is 0.772. The Morgan fingerprint density at radius 1 is 1.27 bits per heavy atom. The van der Waals surface area contributed by atoms with Crippen LogP contribution in [0.1, 0.15) is 19.4 Å². The maximum absolute atomic E-state index is 5.95. The van der Waals surface area contributed by atoms with Gasteiger partial charge in [0, 0.05) is 9.11 Å². The number of halogens is 1. The molecular weight excluding hydrogens is 249 g/mol. The van der Waals surface area contributed by atoms with Gasteiger partial charge in [0.25, 0.3) is 0 Å². The van der Waals surface area contributed by atoms with E-state index in [2.05, 4.69) is 34.7 Å². The Bertz CT molecular complexity index is 250. The third-order valence-electron chi connectivity index (χ3n) is 1.57. The first kappa shape index (κ1) is 9.00. The Balaban J connectivity index is 3.14. The van der Waals surface area contributed by atoms with Gasteiger partial charge in [-0.1, -0.05) is 18.2 Å². The van der Waals surface area contributed by atoms with E-state index in [0.717, 1.165) is 0 Å². The molecule has 60 valence electrons. The molecule has 0 atom stereocenters. The van der Waals surface area contributed by atoms with E-state index in [1.54, 1.807) is 0 Å². The molecule has 0 amide bonds. The normalized spacial score (nSPS) is 11.6. The largest absolute Gasteiger partial charge is 0.322 e. The fourth-order valence-corrected chi connectivity index (χ4v) is 2.07. The van der Waals surface area contributed by atoms with Crippen LogP contribution in [0.2, 0.25) is 0 Å². The summed E-state index contributed by atoms with van der Waals surface area (Å²) in [5, 5.41) is 0. The van der Waals surface area contributed by atoms with Gasteiger partial charge in [0.05, 0.1) is 0 Å². The summed E-state index contributed by atoms with van der Waals surface area (Å²) in [6.45, 7) is 4.04. The summed E-state index contributed by atoms with van der Waals surface area (Å²) >= 11 is 2.31. The van der Waals surface area contributed by atoms with Gasteiger partial charge in [-0.2, -0.15) is 0 Å². The molecule has 0 saturated carbocycles. The third kappa shape index (κ3) is 2.17. The van der Waals surface area contributed by atoms with Crippen molar-refractivity contribution in [3.05, 3.63) is 33.4 Å². The molecule has 0 heterocycles. The molecule has 0 aliphatic heterocycles. The Kier molecular flexibility index (Phi) is 2.54. The predicted molar refractivity (Wildman–Crippen MR) is 56.4 cm³/mol. The number of hydrogen-bond donors (Lipinski definition) is 1. The zero-order valence-electron chi connectivity index (χ0n) is 6.76. The average molecular weight is 261 g/mol. The van der Waals surface area contributed by atoms with Crippen LogP contribution in [0.4, 0.5) is 0 Å². The molecule has 11 heavy (non-hydrogen) atoms. The van der Waals surface area contributed by atoms with Crippen molar-refractivity contribution in [2.45, 2.75) is 19.4 Å². The summed E-state index contributed by atoms with van der Waals surface area (Å²) in [4.78, 5) is 0. The molecule has 1 aromatic rings. The maximum atomic E-state index is 5.95. The highest BCUT2D eigenvalue weighted by Gasteiger charge is 2.15. The minimum absolute atomic E-state index is 0.224. The summed E-state index contributed by atoms with van der Waals surface area (Å²) in [5.41, 5.74) is 6.94. The van der Waals surface area contributed by atoms with Crippen molar-refractivity contribution in [3.63, 3.8) is 0 Å². The van der Waals surface area contributed by atoms with Gasteiger partial charge >= 0.3 is 0 Å². The lowest BCUT2D eigenvalue weighted by molar-refractivity contribution is 0.551. The van der Waals surface area contributed by atoms with Crippen LogP contribution < -0.4 is 5.73 Å². The van der Waals surface area contributed by atoms with E-state index >= 15 is 0 Å². The Labute approximate surface area is 81.1 Å². The van der Waals surface area contributed by atoms with Crippen molar-refractivity contribution in [2.75, 3.05) is 0 Å². The first-order valence-electron chi connectivity index (χ1n) is 3.56. The molecule has 0 saturated heterocycles. The average Bonchev–Trinajstić information content (AvgIpc) is 1.86. The van der Waals surface area contributed by atoms with Gasteiger partial charge in [-0.05, 0) is 48.1 Å². The van der Waals surface area contributed by atoms with Crippen LogP contribution in [-0.4, -0.2) is 0 Å². The first-order chi connectivity index (χ1) is 5.02. The first-order valence-corrected chi connectivity index (χ1v) is 4.63. The zero-order valence-corrected chi connectivity index (χ0v) is 8.92. The van der Waals surface area contributed by atoms with E-state index in [4.69, 9.17) is 5.73 Å². The van der Waals surface area contributed by atoms with Crippen LogP contribution >= 0.6 is 22.6 Å². The molecule has 2 heteroatoms. The minimum Gasteiger partial charge on any atom is -0.322 e. The molecule has 0 aliphatic carbocycles. The lowest BCUT2D eigenvalue weighted by Crippen LogP contribution is -2.29. The van der Waals surface area contributed by atoms with E-state index in [1.807, 2.05) is 26.0 Å². The van der Waals surface area contributed by atoms with Gasteiger partial charge in [-0.15, -0.1) is 0 Å². The number of rotatable bonds is 1. The SMILES string of the molecule is CC(C)(N)c1ccccc1I. The van der Waals surface area contributed by atoms with Gasteiger partial charge in [0.1, 0.15) is 0 Å². The molecule has 0 fully saturated rings. The number of hydrogen-bond acceptors (Lipinski definition) is 1. The topological polar surface area (TPSA) is 26.0 Å². The minimum atomic E-state index is -0.224. The van der Waals surface area contributed by atoms with Crippen molar-refractivity contribution < 1.29 is 0 Å². The smallest absolute Gasteiger partial charge is 0.0362 e. The van der Waals surface area contributed by atoms with Gasteiger partial charge in [-0.25, -0.2) is 0 Å². The molecular formula is C9H12IN. The Morgan fingerprint density at radius 3 is 2.18 bits per heavy atom. The molecule has 1 nitrogen and oxygen atoms in total. The third-order valence-corrected chi connectivity index (χ3v) is 2.51. The molecule has 1 aromatic carbocycles. The number of nitrogens with two attached hydrogens (primary N) is 1. The second-order valence-corrected chi connectivity index (χ2v) is 4.36. The van der Waals surface area contributed by atoms with E-state index < -0.39 is 0 Å².